The van der Waals surface area contributed by atoms with E-state index in [9.17, 15) is 5.11 Å². The summed E-state index contributed by atoms with van der Waals surface area (Å²) in [5.74, 6) is 0. The van der Waals surface area contributed by atoms with Gasteiger partial charge in [-0.3, -0.25) is 9.88 Å². The first kappa shape index (κ1) is 14.9. The Morgan fingerprint density at radius 3 is 2.55 bits per heavy atom. The third-order valence-corrected chi connectivity index (χ3v) is 4.19. The van der Waals surface area contributed by atoms with Gasteiger partial charge in [-0.1, -0.05) is 32.0 Å². The molecule has 0 fully saturated rings. The molecule has 2 rings (SSSR count). The third kappa shape index (κ3) is 2.69. The summed E-state index contributed by atoms with van der Waals surface area (Å²) in [4.78, 5) is 6.64. The predicted molar refractivity (Wildman–Crippen MR) is 83.7 cm³/mol. The molecule has 2 aromatic rings. The van der Waals surface area contributed by atoms with Gasteiger partial charge in [-0.25, -0.2) is 0 Å². The molecule has 1 N–H and O–H groups in total. The van der Waals surface area contributed by atoms with Crippen LogP contribution < -0.4 is 0 Å². The highest BCUT2D eigenvalue weighted by atomic mass is 16.3. The van der Waals surface area contributed by atoms with E-state index in [1.807, 2.05) is 30.3 Å². The van der Waals surface area contributed by atoms with Gasteiger partial charge in [-0.2, -0.15) is 0 Å². The number of aliphatic hydroxyl groups excluding tert-OH is 1. The molecule has 0 radical (unpaired) electrons. The summed E-state index contributed by atoms with van der Waals surface area (Å²) in [5, 5.41) is 11.9. The molecule has 0 amide bonds. The molecule has 1 unspecified atom stereocenters. The topological polar surface area (TPSA) is 36.4 Å². The van der Waals surface area contributed by atoms with Gasteiger partial charge >= 0.3 is 0 Å². The van der Waals surface area contributed by atoms with Crippen LogP contribution in [0.5, 0.6) is 0 Å². The van der Waals surface area contributed by atoms with Crippen LogP contribution in [0.25, 0.3) is 10.9 Å². The van der Waals surface area contributed by atoms with E-state index in [1.165, 1.54) is 0 Å². The maximum absolute atomic E-state index is 10.8. The standard InChI is InChI=1S/C17H24N2O/c1-5-19(6-2)17(3,4)16(20)14-10-9-13-8-7-11-18-15(13)12-14/h7-12,16,20H,5-6H2,1-4H3. The molecule has 108 valence electrons. The number of hydrogen-bond acceptors (Lipinski definition) is 3. The van der Waals surface area contributed by atoms with Crippen LogP contribution in [0, 0.1) is 0 Å². The van der Waals surface area contributed by atoms with E-state index in [0.717, 1.165) is 29.6 Å². The first-order chi connectivity index (χ1) is 9.50. The molecule has 1 aromatic heterocycles. The van der Waals surface area contributed by atoms with Gasteiger partial charge in [0.25, 0.3) is 0 Å². The number of benzene rings is 1. The fraction of sp³-hybridized carbons (Fsp3) is 0.471. The van der Waals surface area contributed by atoms with Crippen LogP contribution in [0.3, 0.4) is 0 Å². The second-order valence-corrected chi connectivity index (χ2v) is 5.68. The first-order valence-electron chi connectivity index (χ1n) is 7.28. The molecular weight excluding hydrogens is 248 g/mol. The van der Waals surface area contributed by atoms with Crippen molar-refractivity contribution in [2.24, 2.45) is 0 Å². The number of aliphatic hydroxyl groups is 1. The molecule has 1 heterocycles. The lowest BCUT2D eigenvalue weighted by Crippen LogP contribution is -2.48. The molecule has 3 nitrogen and oxygen atoms in total. The quantitative estimate of drug-likeness (QED) is 0.906. The lowest BCUT2D eigenvalue weighted by Gasteiger charge is -2.41. The zero-order valence-corrected chi connectivity index (χ0v) is 12.8. The van der Waals surface area contributed by atoms with Gasteiger partial charge in [-0.05, 0) is 44.6 Å². The Balaban J connectivity index is 2.37. The summed E-state index contributed by atoms with van der Waals surface area (Å²) in [6.45, 7) is 10.3. The van der Waals surface area contributed by atoms with Gasteiger partial charge in [0.1, 0.15) is 0 Å². The van der Waals surface area contributed by atoms with Crippen molar-refractivity contribution < 1.29 is 5.11 Å². The van der Waals surface area contributed by atoms with Crippen molar-refractivity contribution in [2.75, 3.05) is 13.1 Å². The van der Waals surface area contributed by atoms with Crippen LogP contribution in [0.15, 0.2) is 36.5 Å². The molecule has 1 atom stereocenters. The van der Waals surface area contributed by atoms with E-state index in [4.69, 9.17) is 0 Å². The van der Waals surface area contributed by atoms with E-state index in [0.29, 0.717) is 0 Å². The monoisotopic (exact) mass is 272 g/mol. The highest BCUT2D eigenvalue weighted by Crippen LogP contribution is 2.32. The summed E-state index contributed by atoms with van der Waals surface area (Å²) < 4.78 is 0. The van der Waals surface area contributed by atoms with Crippen molar-refractivity contribution in [3.05, 3.63) is 42.1 Å². The largest absolute Gasteiger partial charge is 0.386 e. The van der Waals surface area contributed by atoms with Crippen molar-refractivity contribution in [1.82, 2.24) is 9.88 Å². The molecule has 0 bridgehead atoms. The van der Waals surface area contributed by atoms with E-state index in [1.54, 1.807) is 6.20 Å². The number of rotatable bonds is 5. The molecule has 1 aromatic carbocycles. The second kappa shape index (κ2) is 5.90. The van der Waals surface area contributed by atoms with Crippen LogP contribution in [-0.2, 0) is 0 Å². The normalized spacial score (nSPS) is 13.9. The minimum atomic E-state index is -0.534. The number of aromatic nitrogens is 1. The zero-order valence-electron chi connectivity index (χ0n) is 12.8. The van der Waals surface area contributed by atoms with Crippen LogP contribution in [0.1, 0.15) is 39.4 Å². The lowest BCUT2D eigenvalue weighted by molar-refractivity contribution is -0.00620. The highest BCUT2D eigenvalue weighted by Gasteiger charge is 2.33. The minimum Gasteiger partial charge on any atom is -0.386 e. The predicted octanol–water partition coefficient (Wildman–Crippen LogP) is 3.39. The molecule has 20 heavy (non-hydrogen) atoms. The Morgan fingerprint density at radius 2 is 1.90 bits per heavy atom. The van der Waals surface area contributed by atoms with Crippen molar-refractivity contribution in [3.8, 4) is 0 Å². The average Bonchev–Trinajstić information content (AvgIpc) is 2.47. The highest BCUT2D eigenvalue weighted by molar-refractivity contribution is 5.79. The van der Waals surface area contributed by atoms with Crippen molar-refractivity contribution in [3.63, 3.8) is 0 Å². The Morgan fingerprint density at radius 1 is 1.20 bits per heavy atom. The zero-order chi connectivity index (χ0) is 14.8. The lowest BCUT2D eigenvalue weighted by atomic mass is 9.89. The van der Waals surface area contributed by atoms with Crippen molar-refractivity contribution in [1.29, 1.82) is 0 Å². The van der Waals surface area contributed by atoms with Crippen molar-refractivity contribution >= 4 is 10.9 Å². The molecule has 0 saturated heterocycles. The van der Waals surface area contributed by atoms with E-state index in [2.05, 4.69) is 37.6 Å². The number of pyridine rings is 1. The number of likely N-dealkylation sites (N-methyl/N-ethyl adjacent to an activating group) is 1. The molecule has 0 aliphatic rings. The number of fused-ring (bicyclic) bond motifs is 1. The second-order valence-electron chi connectivity index (χ2n) is 5.68. The van der Waals surface area contributed by atoms with Crippen LogP contribution in [0.2, 0.25) is 0 Å². The first-order valence-corrected chi connectivity index (χ1v) is 7.28. The van der Waals surface area contributed by atoms with E-state index < -0.39 is 6.10 Å². The van der Waals surface area contributed by atoms with Gasteiger partial charge in [0.2, 0.25) is 0 Å². The summed E-state index contributed by atoms with van der Waals surface area (Å²) in [7, 11) is 0. The third-order valence-electron chi connectivity index (χ3n) is 4.19. The minimum absolute atomic E-state index is 0.300. The summed E-state index contributed by atoms with van der Waals surface area (Å²) in [5.41, 5.74) is 1.55. The van der Waals surface area contributed by atoms with Crippen LogP contribution in [0.4, 0.5) is 0 Å². The summed E-state index contributed by atoms with van der Waals surface area (Å²) in [6.07, 6.45) is 1.25. The van der Waals surface area contributed by atoms with Crippen LogP contribution in [-0.4, -0.2) is 33.6 Å². The molecule has 3 heteroatoms. The molecule has 0 saturated carbocycles. The summed E-state index contributed by atoms with van der Waals surface area (Å²) >= 11 is 0. The Hall–Kier alpha value is -1.45. The fourth-order valence-corrected chi connectivity index (χ4v) is 2.87. The molecular formula is C17H24N2O. The smallest absolute Gasteiger partial charge is 0.0968 e. The van der Waals surface area contributed by atoms with Gasteiger partial charge < -0.3 is 5.11 Å². The van der Waals surface area contributed by atoms with Gasteiger partial charge in [-0.15, -0.1) is 0 Å². The SMILES string of the molecule is CCN(CC)C(C)(C)C(O)c1ccc2cccnc2c1. The molecule has 0 spiro atoms. The van der Waals surface area contributed by atoms with Gasteiger partial charge in [0.05, 0.1) is 11.6 Å². The van der Waals surface area contributed by atoms with Gasteiger partial charge in [0.15, 0.2) is 0 Å². The number of nitrogens with zero attached hydrogens (tertiary/aromatic N) is 2. The maximum Gasteiger partial charge on any atom is 0.0968 e. The molecule has 0 aliphatic carbocycles. The average molecular weight is 272 g/mol. The van der Waals surface area contributed by atoms with Gasteiger partial charge in [0, 0.05) is 17.1 Å². The molecule has 0 aliphatic heterocycles. The fourth-order valence-electron chi connectivity index (χ4n) is 2.87. The Labute approximate surface area is 121 Å². The van der Waals surface area contributed by atoms with Crippen LogP contribution >= 0.6 is 0 Å². The maximum atomic E-state index is 10.8. The van der Waals surface area contributed by atoms with E-state index >= 15 is 0 Å². The van der Waals surface area contributed by atoms with E-state index in [-0.39, 0.29) is 5.54 Å². The summed E-state index contributed by atoms with van der Waals surface area (Å²) in [6, 6.07) is 9.98. The van der Waals surface area contributed by atoms with Crippen molar-refractivity contribution in [2.45, 2.75) is 39.3 Å². The Bertz CT molecular complexity index is 576. The Kier molecular flexibility index (Phi) is 4.41. The number of hydrogen-bond donors (Lipinski definition) is 1.